The average molecular weight is 248 g/mol. The van der Waals surface area contributed by atoms with Crippen LogP contribution in [-0.4, -0.2) is 24.2 Å². The quantitative estimate of drug-likeness (QED) is 0.906. The highest BCUT2D eigenvalue weighted by Crippen LogP contribution is 2.24. The molecule has 3 nitrogen and oxygen atoms in total. The van der Waals surface area contributed by atoms with Gasteiger partial charge in [-0.25, -0.2) is 4.98 Å². The normalized spacial score (nSPS) is 21.8. The summed E-state index contributed by atoms with van der Waals surface area (Å²) in [6.45, 7) is 4.03. The van der Waals surface area contributed by atoms with Crippen molar-refractivity contribution in [1.29, 1.82) is 0 Å². The fourth-order valence-corrected chi connectivity index (χ4v) is 2.99. The fraction of sp³-hybridized carbons (Fsp3) is 0.462. The van der Waals surface area contributed by atoms with Crippen molar-refractivity contribution in [3.05, 3.63) is 23.7 Å². The SMILES string of the molecule is CC(Nc1ccc2ncsc2c1)C1CCOC1. The molecule has 17 heavy (non-hydrogen) atoms. The van der Waals surface area contributed by atoms with Crippen LogP contribution in [0.2, 0.25) is 0 Å². The van der Waals surface area contributed by atoms with Gasteiger partial charge in [0, 0.05) is 24.3 Å². The van der Waals surface area contributed by atoms with E-state index >= 15 is 0 Å². The molecule has 1 aromatic heterocycles. The Bertz CT molecular complexity index is 505. The van der Waals surface area contributed by atoms with Gasteiger partial charge in [-0.1, -0.05) is 0 Å². The van der Waals surface area contributed by atoms with Crippen LogP contribution in [0.1, 0.15) is 13.3 Å². The zero-order chi connectivity index (χ0) is 11.7. The van der Waals surface area contributed by atoms with Crippen LogP contribution >= 0.6 is 11.3 Å². The van der Waals surface area contributed by atoms with E-state index in [1.165, 1.54) is 10.4 Å². The van der Waals surface area contributed by atoms with Crippen LogP contribution < -0.4 is 5.32 Å². The molecule has 1 N–H and O–H groups in total. The third kappa shape index (κ3) is 2.28. The zero-order valence-corrected chi connectivity index (χ0v) is 10.7. The lowest BCUT2D eigenvalue weighted by Gasteiger charge is -2.20. The second-order valence-electron chi connectivity index (χ2n) is 4.59. The van der Waals surface area contributed by atoms with E-state index in [2.05, 4.69) is 35.4 Å². The number of hydrogen-bond donors (Lipinski definition) is 1. The summed E-state index contributed by atoms with van der Waals surface area (Å²) in [7, 11) is 0. The number of rotatable bonds is 3. The number of anilines is 1. The number of fused-ring (bicyclic) bond motifs is 1. The molecule has 3 rings (SSSR count). The van der Waals surface area contributed by atoms with Crippen molar-refractivity contribution in [3.8, 4) is 0 Å². The molecule has 0 aliphatic carbocycles. The Morgan fingerprint density at radius 3 is 3.29 bits per heavy atom. The topological polar surface area (TPSA) is 34.2 Å². The van der Waals surface area contributed by atoms with Crippen molar-refractivity contribution < 1.29 is 4.74 Å². The molecule has 0 radical (unpaired) electrons. The molecule has 0 spiro atoms. The van der Waals surface area contributed by atoms with E-state index in [0.29, 0.717) is 12.0 Å². The fourth-order valence-electron chi connectivity index (χ4n) is 2.27. The lowest BCUT2D eigenvalue weighted by Crippen LogP contribution is -2.25. The zero-order valence-electron chi connectivity index (χ0n) is 9.85. The highest BCUT2D eigenvalue weighted by molar-refractivity contribution is 7.16. The minimum Gasteiger partial charge on any atom is -0.382 e. The molecule has 0 saturated carbocycles. The number of nitrogens with one attached hydrogen (secondary N) is 1. The molecule has 90 valence electrons. The first kappa shape index (κ1) is 11.0. The maximum absolute atomic E-state index is 5.43. The van der Waals surface area contributed by atoms with E-state index in [-0.39, 0.29) is 0 Å². The number of thiazole rings is 1. The first-order chi connectivity index (χ1) is 8.33. The van der Waals surface area contributed by atoms with Gasteiger partial charge in [0.1, 0.15) is 0 Å². The summed E-state index contributed by atoms with van der Waals surface area (Å²) in [5, 5.41) is 3.56. The van der Waals surface area contributed by atoms with Gasteiger partial charge in [-0.05, 0) is 31.5 Å². The predicted molar refractivity (Wildman–Crippen MR) is 71.6 cm³/mol. The molecule has 2 unspecified atom stereocenters. The number of benzene rings is 1. The summed E-state index contributed by atoms with van der Waals surface area (Å²) in [6, 6.07) is 6.82. The van der Waals surface area contributed by atoms with Crippen LogP contribution in [-0.2, 0) is 4.74 Å². The standard InChI is InChI=1S/C13H16N2OS/c1-9(10-4-5-16-7-10)15-11-2-3-12-13(6-11)17-8-14-12/h2-3,6,8-10,15H,4-5,7H2,1H3. The number of ether oxygens (including phenoxy) is 1. The second-order valence-corrected chi connectivity index (χ2v) is 5.48. The van der Waals surface area contributed by atoms with E-state index in [1.807, 2.05) is 5.51 Å². The van der Waals surface area contributed by atoms with E-state index in [9.17, 15) is 0 Å². The summed E-state index contributed by atoms with van der Waals surface area (Å²) < 4.78 is 6.67. The monoisotopic (exact) mass is 248 g/mol. The van der Waals surface area contributed by atoms with Gasteiger partial charge in [-0.15, -0.1) is 11.3 Å². The Labute approximate surface area is 105 Å². The minimum absolute atomic E-state index is 0.461. The van der Waals surface area contributed by atoms with Crippen LogP contribution in [0.3, 0.4) is 0 Å². The second kappa shape index (κ2) is 4.63. The lowest BCUT2D eigenvalue weighted by molar-refractivity contribution is 0.183. The van der Waals surface area contributed by atoms with E-state index < -0.39 is 0 Å². The van der Waals surface area contributed by atoms with E-state index in [0.717, 1.165) is 25.2 Å². The predicted octanol–water partition coefficient (Wildman–Crippen LogP) is 3.13. The number of nitrogens with zero attached hydrogens (tertiary/aromatic N) is 1. The molecule has 1 aliphatic heterocycles. The largest absolute Gasteiger partial charge is 0.382 e. The van der Waals surface area contributed by atoms with Crippen molar-refractivity contribution in [2.24, 2.45) is 5.92 Å². The van der Waals surface area contributed by atoms with Crippen LogP contribution in [0.4, 0.5) is 5.69 Å². The molecule has 4 heteroatoms. The van der Waals surface area contributed by atoms with E-state index in [4.69, 9.17) is 4.74 Å². The first-order valence-corrected chi connectivity index (χ1v) is 6.88. The first-order valence-electron chi connectivity index (χ1n) is 6.00. The third-order valence-electron chi connectivity index (χ3n) is 3.40. The molecule has 0 bridgehead atoms. The van der Waals surface area contributed by atoms with Gasteiger partial charge < -0.3 is 10.1 Å². The highest BCUT2D eigenvalue weighted by atomic mass is 32.1. The van der Waals surface area contributed by atoms with Crippen molar-refractivity contribution in [2.75, 3.05) is 18.5 Å². The molecule has 1 aliphatic rings. The molecule has 2 heterocycles. The van der Waals surface area contributed by atoms with Crippen LogP contribution in [0, 0.1) is 5.92 Å². The van der Waals surface area contributed by atoms with Crippen LogP contribution in [0.15, 0.2) is 23.7 Å². The summed E-state index contributed by atoms with van der Waals surface area (Å²) >= 11 is 1.69. The average Bonchev–Trinajstić information content (AvgIpc) is 2.99. The van der Waals surface area contributed by atoms with Gasteiger partial charge in [-0.2, -0.15) is 0 Å². The highest BCUT2D eigenvalue weighted by Gasteiger charge is 2.22. The molecular weight excluding hydrogens is 232 g/mol. The van der Waals surface area contributed by atoms with Crippen LogP contribution in [0.25, 0.3) is 10.2 Å². The Balaban J connectivity index is 1.74. The number of aromatic nitrogens is 1. The molecule has 0 amide bonds. The van der Waals surface area contributed by atoms with Crippen molar-refractivity contribution in [3.63, 3.8) is 0 Å². The molecule has 2 aromatic rings. The summed E-state index contributed by atoms with van der Waals surface area (Å²) in [4.78, 5) is 4.29. The lowest BCUT2D eigenvalue weighted by atomic mass is 10.0. The van der Waals surface area contributed by atoms with Gasteiger partial charge in [0.15, 0.2) is 0 Å². The van der Waals surface area contributed by atoms with E-state index in [1.54, 1.807) is 11.3 Å². The van der Waals surface area contributed by atoms with Crippen molar-refractivity contribution in [1.82, 2.24) is 4.98 Å². The summed E-state index contributed by atoms with van der Waals surface area (Å²) in [5.74, 6) is 0.632. The maximum atomic E-state index is 5.43. The molecule has 1 aromatic carbocycles. The Hall–Kier alpha value is -1.13. The summed E-state index contributed by atoms with van der Waals surface area (Å²) in [6.07, 6.45) is 1.16. The Morgan fingerprint density at radius 2 is 2.47 bits per heavy atom. The third-order valence-corrected chi connectivity index (χ3v) is 4.19. The van der Waals surface area contributed by atoms with Crippen molar-refractivity contribution in [2.45, 2.75) is 19.4 Å². The molecule has 1 fully saturated rings. The van der Waals surface area contributed by atoms with Crippen molar-refractivity contribution >= 4 is 27.2 Å². The van der Waals surface area contributed by atoms with Gasteiger partial charge in [0.2, 0.25) is 0 Å². The van der Waals surface area contributed by atoms with Crippen LogP contribution in [0.5, 0.6) is 0 Å². The smallest absolute Gasteiger partial charge is 0.0813 e. The summed E-state index contributed by atoms with van der Waals surface area (Å²) in [5.41, 5.74) is 4.15. The maximum Gasteiger partial charge on any atom is 0.0813 e. The molecule has 2 atom stereocenters. The number of hydrogen-bond acceptors (Lipinski definition) is 4. The van der Waals surface area contributed by atoms with Gasteiger partial charge in [0.25, 0.3) is 0 Å². The minimum atomic E-state index is 0.461. The van der Waals surface area contributed by atoms with Gasteiger partial charge >= 0.3 is 0 Å². The molecule has 1 saturated heterocycles. The van der Waals surface area contributed by atoms with Gasteiger partial charge in [-0.3, -0.25) is 0 Å². The Morgan fingerprint density at radius 1 is 1.53 bits per heavy atom. The Kier molecular flexibility index (Phi) is 2.99. The molecular formula is C13H16N2OS. The van der Waals surface area contributed by atoms with Gasteiger partial charge in [0.05, 0.1) is 22.3 Å².